The average molecular weight is 224 g/mol. The van der Waals surface area contributed by atoms with Gasteiger partial charge in [0.25, 0.3) is 0 Å². The highest BCUT2D eigenvalue weighted by atomic mass is 16.7. The fourth-order valence-corrected chi connectivity index (χ4v) is 2.40. The van der Waals surface area contributed by atoms with Crippen molar-refractivity contribution in [1.29, 1.82) is 0 Å². The van der Waals surface area contributed by atoms with Crippen LogP contribution in [0.1, 0.15) is 32.0 Å². The number of hydrogen-bond donors (Lipinski definition) is 1. The first kappa shape index (κ1) is 11.6. The molecule has 2 atom stereocenters. The third kappa shape index (κ3) is 2.44. The van der Waals surface area contributed by atoms with Crippen LogP contribution in [0.3, 0.4) is 0 Å². The molecule has 2 rings (SSSR count). The molecule has 4 nitrogen and oxygen atoms in total. The van der Waals surface area contributed by atoms with Crippen molar-refractivity contribution in [3.8, 4) is 0 Å². The number of hydrogen-bond acceptors (Lipinski definition) is 3. The Morgan fingerprint density at radius 2 is 2.56 bits per heavy atom. The first-order chi connectivity index (χ1) is 7.78. The van der Waals surface area contributed by atoms with Crippen molar-refractivity contribution in [2.24, 2.45) is 5.92 Å². The quantitative estimate of drug-likeness (QED) is 0.852. The summed E-state index contributed by atoms with van der Waals surface area (Å²) in [5.41, 5.74) is 0. The zero-order chi connectivity index (χ0) is 11.4. The Morgan fingerprint density at radius 1 is 1.69 bits per heavy atom. The van der Waals surface area contributed by atoms with E-state index in [0.29, 0.717) is 5.92 Å². The number of aromatic amines is 1. The molecule has 1 aliphatic heterocycles. The maximum absolute atomic E-state index is 5.76. The molecule has 1 aromatic rings. The van der Waals surface area contributed by atoms with Gasteiger partial charge in [-0.1, -0.05) is 6.92 Å². The van der Waals surface area contributed by atoms with E-state index in [1.54, 1.807) is 13.3 Å². The summed E-state index contributed by atoms with van der Waals surface area (Å²) in [5.74, 6) is 1.29. The van der Waals surface area contributed by atoms with E-state index in [2.05, 4.69) is 16.9 Å². The third-order valence-electron chi connectivity index (χ3n) is 3.44. The lowest BCUT2D eigenvalue weighted by Gasteiger charge is -2.39. The maximum atomic E-state index is 5.76. The molecule has 0 spiro atoms. The summed E-state index contributed by atoms with van der Waals surface area (Å²) in [6, 6.07) is 0. The van der Waals surface area contributed by atoms with Gasteiger partial charge < -0.3 is 14.5 Å². The van der Waals surface area contributed by atoms with Gasteiger partial charge in [0.05, 0.1) is 6.61 Å². The molecule has 0 aromatic carbocycles. The van der Waals surface area contributed by atoms with Crippen LogP contribution < -0.4 is 0 Å². The maximum Gasteiger partial charge on any atom is 0.167 e. The Hall–Kier alpha value is -0.870. The summed E-state index contributed by atoms with van der Waals surface area (Å²) in [7, 11) is 1.73. The van der Waals surface area contributed by atoms with E-state index in [1.807, 2.05) is 6.20 Å². The summed E-state index contributed by atoms with van der Waals surface area (Å²) >= 11 is 0. The summed E-state index contributed by atoms with van der Waals surface area (Å²) in [4.78, 5) is 7.43. The van der Waals surface area contributed by atoms with Gasteiger partial charge in [-0.05, 0) is 18.8 Å². The molecule has 90 valence electrons. The van der Waals surface area contributed by atoms with E-state index in [-0.39, 0.29) is 5.79 Å². The van der Waals surface area contributed by atoms with Crippen molar-refractivity contribution in [2.45, 2.75) is 38.4 Å². The van der Waals surface area contributed by atoms with E-state index < -0.39 is 0 Å². The lowest BCUT2D eigenvalue weighted by Crippen LogP contribution is -2.41. The van der Waals surface area contributed by atoms with Crippen LogP contribution in [-0.2, 0) is 15.9 Å². The predicted octanol–water partition coefficient (Wildman–Crippen LogP) is 2.13. The number of aromatic nitrogens is 2. The minimum Gasteiger partial charge on any atom is -0.353 e. The Labute approximate surface area is 96.4 Å². The van der Waals surface area contributed by atoms with E-state index in [4.69, 9.17) is 9.47 Å². The first-order valence-electron chi connectivity index (χ1n) is 5.95. The molecular weight excluding hydrogens is 204 g/mol. The van der Waals surface area contributed by atoms with Crippen LogP contribution >= 0.6 is 0 Å². The largest absolute Gasteiger partial charge is 0.353 e. The van der Waals surface area contributed by atoms with E-state index >= 15 is 0 Å². The van der Waals surface area contributed by atoms with Gasteiger partial charge in [0.2, 0.25) is 0 Å². The summed E-state index contributed by atoms with van der Waals surface area (Å²) in [6.07, 6.45) is 7.61. The molecule has 0 amide bonds. The number of rotatable bonds is 4. The molecule has 1 aliphatic rings. The van der Waals surface area contributed by atoms with Crippen molar-refractivity contribution < 1.29 is 9.47 Å². The van der Waals surface area contributed by atoms with E-state index in [0.717, 1.165) is 38.1 Å². The Bertz CT molecular complexity index is 307. The summed E-state index contributed by atoms with van der Waals surface area (Å²) in [5, 5.41) is 0. The number of methoxy groups -OCH3 is 1. The van der Waals surface area contributed by atoms with Crippen LogP contribution in [-0.4, -0.2) is 29.5 Å². The molecule has 16 heavy (non-hydrogen) atoms. The number of nitrogens with one attached hydrogen (secondary N) is 1. The van der Waals surface area contributed by atoms with Gasteiger partial charge in [-0.15, -0.1) is 0 Å². The van der Waals surface area contributed by atoms with Crippen LogP contribution in [0.4, 0.5) is 0 Å². The molecule has 2 unspecified atom stereocenters. The van der Waals surface area contributed by atoms with E-state index in [9.17, 15) is 0 Å². The Morgan fingerprint density at radius 3 is 3.19 bits per heavy atom. The molecule has 1 saturated heterocycles. The summed E-state index contributed by atoms with van der Waals surface area (Å²) in [6.45, 7) is 2.89. The van der Waals surface area contributed by atoms with Crippen molar-refractivity contribution in [3.63, 3.8) is 0 Å². The van der Waals surface area contributed by atoms with Crippen LogP contribution in [0.5, 0.6) is 0 Å². The number of nitrogens with zero attached hydrogens (tertiary/aromatic N) is 1. The average Bonchev–Trinajstić information content (AvgIpc) is 2.82. The third-order valence-corrected chi connectivity index (χ3v) is 3.44. The van der Waals surface area contributed by atoms with Crippen LogP contribution in [0.25, 0.3) is 0 Å². The van der Waals surface area contributed by atoms with Crippen molar-refractivity contribution in [2.75, 3.05) is 13.7 Å². The highest BCUT2D eigenvalue weighted by Crippen LogP contribution is 2.33. The normalized spacial score (nSPS) is 30.5. The van der Waals surface area contributed by atoms with Gasteiger partial charge in [0, 0.05) is 32.3 Å². The van der Waals surface area contributed by atoms with Gasteiger partial charge in [-0.25, -0.2) is 4.98 Å². The second kappa shape index (κ2) is 4.97. The smallest absolute Gasteiger partial charge is 0.167 e. The molecule has 0 bridgehead atoms. The van der Waals surface area contributed by atoms with E-state index in [1.165, 1.54) is 0 Å². The minimum atomic E-state index is -0.366. The van der Waals surface area contributed by atoms with Crippen molar-refractivity contribution in [1.82, 2.24) is 9.97 Å². The highest BCUT2D eigenvalue weighted by molar-refractivity contribution is 4.91. The second-order valence-electron chi connectivity index (χ2n) is 4.42. The standard InChI is InChI=1S/C12H20N2O2/c1-3-12(15-2)9-10(4-7-16-12)8-11-13-5-6-14-11/h5-6,10H,3-4,7-9H2,1-2H3,(H,13,14). The highest BCUT2D eigenvalue weighted by Gasteiger charge is 2.36. The summed E-state index contributed by atoms with van der Waals surface area (Å²) < 4.78 is 11.3. The van der Waals surface area contributed by atoms with Crippen LogP contribution in [0.2, 0.25) is 0 Å². The van der Waals surface area contributed by atoms with Gasteiger partial charge in [-0.3, -0.25) is 0 Å². The minimum absolute atomic E-state index is 0.366. The van der Waals surface area contributed by atoms with Gasteiger partial charge in [0.15, 0.2) is 5.79 Å². The zero-order valence-corrected chi connectivity index (χ0v) is 10.0. The fourth-order valence-electron chi connectivity index (χ4n) is 2.40. The molecule has 0 radical (unpaired) electrons. The van der Waals surface area contributed by atoms with Crippen molar-refractivity contribution >= 4 is 0 Å². The van der Waals surface area contributed by atoms with Gasteiger partial charge >= 0.3 is 0 Å². The molecule has 0 saturated carbocycles. The topological polar surface area (TPSA) is 47.1 Å². The molecule has 0 aliphatic carbocycles. The van der Waals surface area contributed by atoms with Crippen LogP contribution in [0, 0.1) is 5.92 Å². The van der Waals surface area contributed by atoms with Gasteiger partial charge in [-0.2, -0.15) is 0 Å². The lowest BCUT2D eigenvalue weighted by atomic mass is 9.89. The molecule has 1 fully saturated rings. The second-order valence-corrected chi connectivity index (χ2v) is 4.42. The number of imidazole rings is 1. The Kier molecular flexibility index (Phi) is 3.61. The molecule has 1 aromatic heterocycles. The number of ether oxygens (including phenoxy) is 2. The Balaban J connectivity index is 1.96. The first-order valence-corrected chi connectivity index (χ1v) is 5.95. The predicted molar refractivity (Wildman–Crippen MR) is 61.0 cm³/mol. The van der Waals surface area contributed by atoms with Crippen LogP contribution in [0.15, 0.2) is 12.4 Å². The molecule has 1 N–H and O–H groups in total. The lowest BCUT2D eigenvalue weighted by molar-refractivity contribution is -0.253. The SMILES string of the molecule is CCC1(OC)CC(Cc2ncc[nH]2)CCO1. The number of H-pyrrole nitrogens is 1. The molecule has 2 heterocycles. The zero-order valence-electron chi connectivity index (χ0n) is 10.0. The molecular formula is C12H20N2O2. The fraction of sp³-hybridized carbons (Fsp3) is 0.750. The monoisotopic (exact) mass is 224 g/mol. The molecule has 4 heteroatoms. The van der Waals surface area contributed by atoms with Gasteiger partial charge in [0.1, 0.15) is 5.82 Å². The van der Waals surface area contributed by atoms with Crippen molar-refractivity contribution in [3.05, 3.63) is 18.2 Å².